The summed E-state index contributed by atoms with van der Waals surface area (Å²) < 4.78 is 0. The van der Waals surface area contributed by atoms with Crippen LogP contribution in [0.5, 0.6) is 0 Å². The molecule has 152 valence electrons. The Morgan fingerprint density at radius 3 is 2.89 bits per heavy atom. The zero-order valence-electron chi connectivity index (χ0n) is 15.7. The van der Waals surface area contributed by atoms with Crippen LogP contribution >= 0.6 is 11.8 Å². The molecule has 0 aromatic carbocycles. The Labute approximate surface area is 165 Å². The number of thioether (sulfide) groups is 1. The Morgan fingerprint density at radius 2 is 2.04 bits per heavy atom. The van der Waals surface area contributed by atoms with Crippen LogP contribution in [-0.2, 0) is 4.79 Å². The van der Waals surface area contributed by atoms with Gasteiger partial charge in [-0.25, -0.2) is 0 Å². The minimum Gasteiger partial charge on any atom is -0.358 e. The Balaban J connectivity index is 1.25. The van der Waals surface area contributed by atoms with Crippen LogP contribution in [0.25, 0.3) is 0 Å². The van der Waals surface area contributed by atoms with Gasteiger partial charge in [-0.05, 0) is 25.8 Å². The standard InChI is InChI=1S/C17H32N8OS/c26-17(20-6-5-19-13-3-1-2-4-18-13)12-9-25(7-8-27-12)16-14-15(22-10-21-14)23-11-24-16/h9,13-16,18-19,21-24H,1-8,10-11H2,(H,20,26). The van der Waals surface area contributed by atoms with Crippen molar-refractivity contribution < 1.29 is 4.79 Å². The molecule has 1 amide bonds. The second kappa shape index (κ2) is 9.55. The number of nitrogens with one attached hydrogen (secondary N) is 7. The van der Waals surface area contributed by atoms with E-state index >= 15 is 0 Å². The second-order valence-corrected chi connectivity index (χ2v) is 8.55. The molecule has 4 aliphatic rings. The molecule has 27 heavy (non-hydrogen) atoms. The predicted molar refractivity (Wildman–Crippen MR) is 108 cm³/mol. The van der Waals surface area contributed by atoms with E-state index < -0.39 is 0 Å². The number of hydrogen-bond donors (Lipinski definition) is 7. The van der Waals surface area contributed by atoms with Gasteiger partial charge in [0.05, 0.1) is 29.4 Å². The molecule has 7 N–H and O–H groups in total. The van der Waals surface area contributed by atoms with Gasteiger partial charge in [-0.15, -0.1) is 11.8 Å². The van der Waals surface area contributed by atoms with Crippen molar-refractivity contribution in [1.29, 1.82) is 0 Å². The van der Waals surface area contributed by atoms with Gasteiger partial charge >= 0.3 is 0 Å². The Hall–Kier alpha value is -0.880. The number of carbonyl (C=O) groups excluding carboxylic acids is 1. The van der Waals surface area contributed by atoms with Gasteiger partial charge in [-0.3, -0.25) is 26.1 Å². The Bertz CT molecular complexity index is 541. The van der Waals surface area contributed by atoms with Crippen LogP contribution in [0.4, 0.5) is 0 Å². The largest absolute Gasteiger partial charge is 0.358 e. The van der Waals surface area contributed by atoms with E-state index in [-0.39, 0.29) is 24.3 Å². The number of rotatable bonds is 6. The van der Waals surface area contributed by atoms with Crippen molar-refractivity contribution in [2.75, 3.05) is 45.3 Å². The third-order valence-electron chi connectivity index (χ3n) is 5.58. The van der Waals surface area contributed by atoms with Gasteiger partial charge < -0.3 is 20.9 Å². The average Bonchev–Trinajstić information content (AvgIpc) is 3.21. The van der Waals surface area contributed by atoms with E-state index in [1.165, 1.54) is 12.8 Å². The first kappa shape index (κ1) is 19.4. The first-order chi connectivity index (χ1) is 13.3. The van der Waals surface area contributed by atoms with Gasteiger partial charge in [0, 0.05) is 44.9 Å². The molecule has 4 unspecified atom stereocenters. The summed E-state index contributed by atoms with van der Waals surface area (Å²) >= 11 is 1.65. The third-order valence-corrected chi connectivity index (χ3v) is 6.56. The van der Waals surface area contributed by atoms with Crippen molar-refractivity contribution in [2.45, 2.75) is 43.8 Å². The number of piperidine rings is 1. The lowest BCUT2D eigenvalue weighted by molar-refractivity contribution is -0.116. The number of hydrogen-bond acceptors (Lipinski definition) is 9. The summed E-state index contributed by atoms with van der Waals surface area (Å²) in [6.45, 7) is 5.04. The number of carbonyl (C=O) groups is 1. The van der Waals surface area contributed by atoms with E-state index in [0.717, 1.165) is 50.1 Å². The van der Waals surface area contributed by atoms with E-state index in [9.17, 15) is 4.79 Å². The molecule has 10 heteroatoms. The summed E-state index contributed by atoms with van der Waals surface area (Å²) in [5.74, 6) is 0.964. The Kier molecular flexibility index (Phi) is 6.87. The van der Waals surface area contributed by atoms with Crippen LogP contribution in [0, 0.1) is 0 Å². The highest BCUT2D eigenvalue weighted by atomic mass is 32.2. The van der Waals surface area contributed by atoms with Crippen molar-refractivity contribution in [1.82, 2.24) is 42.1 Å². The second-order valence-electron chi connectivity index (χ2n) is 7.41. The summed E-state index contributed by atoms with van der Waals surface area (Å²) in [6.07, 6.45) is 6.58. The number of fused-ring (bicyclic) bond motifs is 1. The molecule has 0 aliphatic carbocycles. The SMILES string of the molecule is O=C(NCCNC1CCCCN1)C1=CN(C2NCNC3NCNC32)CCS1. The van der Waals surface area contributed by atoms with Crippen LogP contribution in [-0.4, -0.2) is 80.6 Å². The van der Waals surface area contributed by atoms with Gasteiger partial charge in [0.1, 0.15) is 0 Å². The summed E-state index contributed by atoms with van der Waals surface area (Å²) in [5.41, 5.74) is 0. The fourth-order valence-corrected chi connectivity index (χ4v) is 5.08. The van der Waals surface area contributed by atoms with E-state index in [1.54, 1.807) is 11.8 Å². The smallest absolute Gasteiger partial charge is 0.259 e. The van der Waals surface area contributed by atoms with Crippen molar-refractivity contribution in [2.24, 2.45) is 0 Å². The molecule has 0 saturated carbocycles. The first-order valence-electron chi connectivity index (χ1n) is 10.1. The molecule has 0 spiro atoms. The molecule has 0 aromatic rings. The summed E-state index contributed by atoms with van der Waals surface area (Å²) in [7, 11) is 0. The molecular formula is C17H32N8OS. The molecule has 3 fully saturated rings. The third kappa shape index (κ3) is 4.94. The minimum atomic E-state index is 0.0334. The molecule has 0 aromatic heterocycles. The molecule has 3 saturated heterocycles. The van der Waals surface area contributed by atoms with Crippen LogP contribution in [0.1, 0.15) is 19.3 Å². The highest BCUT2D eigenvalue weighted by Crippen LogP contribution is 2.24. The first-order valence-corrected chi connectivity index (χ1v) is 11.1. The van der Waals surface area contributed by atoms with Crippen LogP contribution in [0.3, 0.4) is 0 Å². The maximum Gasteiger partial charge on any atom is 0.259 e. The van der Waals surface area contributed by atoms with Gasteiger partial charge in [-0.2, -0.15) is 0 Å². The lowest BCUT2D eigenvalue weighted by Crippen LogP contribution is -2.68. The molecular weight excluding hydrogens is 364 g/mol. The number of nitrogens with zero attached hydrogens (tertiary/aromatic N) is 1. The molecule has 0 radical (unpaired) electrons. The normalized spacial score (nSPS) is 34.1. The quantitative estimate of drug-likeness (QED) is 0.257. The van der Waals surface area contributed by atoms with Gasteiger partial charge in [0.25, 0.3) is 5.91 Å². The van der Waals surface area contributed by atoms with Gasteiger partial charge in [0.2, 0.25) is 0 Å². The maximum atomic E-state index is 12.6. The lowest BCUT2D eigenvalue weighted by Gasteiger charge is -2.42. The van der Waals surface area contributed by atoms with Crippen molar-refractivity contribution in [3.05, 3.63) is 11.1 Å². The summed E-state index contributed by atoms with van der Waals surface area (Å²) in [5, 5.41) is 23.8. The highest BCUT2D eigenvalue weighted by Gasteiger charge is 2.39. The zero-order chi connectivity index (χ0) is 18.5. The highest BCUT2D eigenvalue weighted by molar-refractivity contribution is 8.04. The minimum absolute atomic E-state index is 0.0334. The fraction of sp³-hybridized carbons (Fsp3) is 0.824. The summed E-state index contributed by atoms with van der Waals surface area (Å²) in [6, 6.07) is 0.287. The molecule has 0 bridgehead atoms. The lowest BCUT2D eigenvalue weighted by atomic mass is 10.1. The zero-order valence-corrected chi connectivity index (χ0v) is 16.5. The molecule has 4 heterocycles. The Morgan fingerprint density at radius 1 is 1.15 bits per heavy atom. The van der Waals surface area contributed by atoms with E-state index in [2.05, 4.69) is 42.1 Å². The van der Waals surface area contributed by atoms with Crippen molar-refractivity contribution in [3.8, 4) is 0 Å². The topological polar surface area (TPSA) is 105 Å². The van der Waals surface area contributed by atoms with Crippen molar-refractivity contribution in [3.63, 3.8) is 0 Å². The molecule has 4 atom stereocenters. The van der Waals surface area contributed by atoms with E-state index in [1.807, 2.05) is 6.20 Å². The van der Waals surface area contributed by atoms with Crippen LogP contribution in [0.15, 0.2) is 11.1 Å². The maximum absolute atomic E-state index is 12.6. The molecule has 4 rings (SSSR count). The van der Waals surface area contributed by atoms with Gasteiger partial charge in [0.15, 0.2) is 0 Å². The van der Waals surface area contributed by atoms with E-state index in [0.29, 0.717) is 12.7 Å². The van der Waals surface area contributed by atoms with Crippen molar-refractivity contribution >= 4 is 17.7 Å². The summed E-state index contributed by atoms with van der Waals surface area (Å²) in [4.78, 5) is 15.7. The van der Waals surface area contributed by atoms with Crippen LogP contribution in [0.2, 0.25) is 0 Å². The van der Waals surface area contributed by atoms with Gasteiger partial charge in [-0.1, -0.05) is 0 Å². The molecule has 4 aliphatic heterocycles. The van der Waals surface area contributed by atoms with E-state index in [4.69, 9.17) is 0 Å². The number of amides is 1. The predicted octanol–water partition coefficient (Wildman–Crippen LogP) is -2.00. The van der Waals surface area contributed by atoms with Crippen LogP contribution < -0.4 is 37.2 Å². The monoisotopic (exact) mass is 396 g/mol. The molecule has 9 nitrogen and oxygen atoms in total. The fourth-order valence-electron chi connectivity index (χ4n) is 4.14. The average molecular weight is 397 g/mol.